The second kappa shape index (κ2) is 5.43. The summed E-state index contributed by atoms with van der Waals surface area (Å²) < 4.78 is 13.8. The van der Waals surface area contributed by atoms with Crippen molar-refractivity contribution in [2.75, 3.05) is 6.54 Å². The minimum atomic E-state index is -0.246. The van der Waals surface area contributed by atoms with E-state index in [1.54, 1.807) is 12.3 Å². The maximum absolute atomic E-state index is 13.1. The van der Waals surface area contributed by atoms with Crippen LogP contribution < -0.4 is 5.32 Å². The molecule has 5 heteroatoms. The fraction of sp³-hybridized carbons (Fsp3) is 0.357. The van der Waals surface area contributed by atoms with Crippen molar-refractivity contribution in [3.05, 3.63) is 40.5 Å². The predicted octanol–water partition coefficient (Wildman–Crippen LogP) is 3.27. The van der Waals surface area contributed by atoms with Gasteiger partial charge in [-0.1, -0.05) is 0 Å². The molecule has 1 aromatic heterocycles. The van der Waals surface area contributed by atoms with Crippen LogP contribution in [0.2, 0.25) is 0 Å². The molecule has 2 aromatic rings. The molecule has 3 nitrogen and oxygen atoms in total. The number of nitrogens with zero attached hydrogens (tertiary/aromatic N) is 1. The van der Waals surface area contributed by atoms with Gasteiger partial charge in [0.05, 0.1) is 11.9 Å². The van der Waals surface area contributed by atoms with Gasteiger partial charge in [0.1, 0.15) is 11.6 Å². The summed E-state index contributed by atoms with van der Waals surface area (Å²) in [5.41, 5.74) is 1.84. The number of imidazole rings is 1. The Labute approximate surface area is 119 Å². The van der Waals surface area contributed by atoms with Gasteiger partial charge < -0.3 is 10.3 Å². The third-order valence-corrected chi connectivity index (χ3v) is 3.88. The van der Waals surface area contributed by atoms with Crippen molar-refractivity contribution in [1.29, 1.82) is 0 Å². The Hall–Kier alpha value is -1.20. The summed E-state index contributed by atoms with van der Waals surface area (Å²) >= 11 is 3.37. The molecule has 1 fully saturated rings. The zero-order chi connectivity index (χ0) is 13.2. The van der Waals surface area contributed by atoms with E-state index in [2.05, 4.69) is 31.2 Å². The van der Waals surface area contributed by atoms with Crippen LogP contribution in [-0.4, -0.2) is 22.6 Å². The molecule has 2 N–H and O–H groups in total. The minimum Gasteiger partial charge on any atom is -0.342 e. The summed E-state index contributed by atoms with van der Waals surface area (Å²) in [5, 5.41) is 3.45. The number of hydrogen-bond acceptors (Lipinski definition) is 2. The molecule has 0 amide bonds. The van der Waals surface area contributed by atoms with Gasteiger partial charge in [0.2, 0.25) is 0 Å². The van der Waals surface area contributed by atoms with E-state index in [-0.39, 0.29) is 5.82 Å². The zero-order valence-electron chi connectivity index (χ0n) is 10.4. The fourth-order valence-electron chi connectivity index (χ4n) is 2.02. The van der Waals surface area contributed by atoms with Gasteiger partial charge >= 0.3 is 0 Å². The lowest BCUT2D eigenvalue weighted by Crippen LogP contribution is -2.19. The van der Waals surface area contributed by atoms with Crippen molar-refractivity contribution < 1.29 is 4.39 Å². The lowest BCUT2D eigenvalue weighted by molar-refractivity contribution is 0.627. The number of aromatic amines is 1. The average molecular weight is 324 g/mol. The number of nitrogens with one attached hydrogen (secondary N) is 2. The van der Waals surface area contributed by atoms with E-state index in [0.717, 1.165) is 40.6 Å². The SMILES string of the molecule is Fc1ccc(-c2cnc(CCNC3CC3)[nH]2)c(Br)c1. The highest BCUT2D eigenvalue weighted by Crippen LogP contribution is 2.27. The Balaban J connectivity index is 1.68. The molecule has 0 spiro atoms. The predicted molar refractivity (Wildman–Crippen MR) is 76.4 cm³/mol. The molecule has 3 rings (SSSR count). The van der Waals surface area contributed by atoms with Crippen molar-refractivity contribution >= 4 is 15.9 Å². The molecule has 0 radical (unpaired) electrons. The van der Waals surface area contributed by atoms with Gasteiger partial charge in [-0.25, -0.2) is 9.37 Å². The van der Waals surface area contributed by atoms with Gasteiger partial charge in [-0.2, -0.15) is 0 Å². The first-order valence-corrected chi connectivity index (χ1v) is 7.24. The second-order valence-corrected chi connectivity index (χ2v) is 5.70. The van der Waals surface area contributed by atoms with Gasteiger partial charge in [-0.15, -0.1) is 0 Å². The van der Waals surface area contributed by atoms with E-state index in [1.807, 2.05) is 0 Å². The maximum Gasteiger partial charge on any atom is 0.124 e. The molecule has 0 unspecified atom stereocenters. The Morgan fingerprint density at radius 2 is 2.26 bits per heavy atom. The number of hydrogen-bond donors (Lipinski definition) is 2. The van der Waals surface area contributed by atoms with Crippen molar-refractivity contribution in [3.8, 4) is 11.3 Å². The molecule has 1 saturated carbocycles. The molecule has 100 valence electrons. The average Bonchev–Trinajstić information content (AvgIpc) is 3.07. The zero-order valence-corrected chi connectivity index (χ0v) is 12.0. The first kappa shape index (κ1) is 12.8. The van der Waals surface area contributed by atoms with Gasteiger partial charge in [-0.3, -0.25) is 0 Å². The summed E-state index contributed by atoms with van der Waals surface area (Å²) in [6.07, 6.45) is 5.28. The summed E-state index contributed by atoms with van der Waals surface area (Å²) in [7, 11) is 0. The van der Waals surface area contributed by atoms with Crippen molar-refractivity contribution in [2.45, 2.75) is 25.3 Å². The van der Waals surface area contributed by atoms with Crippen LogP contribution in [0.5, 0.6) is 0 Å². The maximum atomic E-state index is 13.1. The molecule has 1 aliphatic carbocycles. The molecule has 0 bridgehead atoms. The molecule has 0 saturated heterocycles. The number of aromatic nitrogens is 2. The second-order valence-electron chi connectivity index (χ2n) is 4.85. The number of rotatable bonds is 5. The molecule has 19 heavy (non-hydrogen) atoms. The smallest absolute Gasteiger partial charge is 0.124 e. The van der Waals surface area contributed by atoms with Gasteiger partial charge in [-0.05, 0) is 47.0 Å². The molecular formula is C14H15BrFN3. The number of benzene rings is 1. The van der Waals surface area contributed by atoms with Crippen LogP contribution >= 0.6 is 15.9 Å². The largest absolute Gasteiger partial charge is 0.342 e. The highest BCUT2D eigenvalue weighted by molar-refractivity contribution is 9.10. The monoisotopic (exact) mass is 323 g/mol. The summed E-state index contributed by atoms with van der Waals surface area (Å²) in [6.45, 7) is 0.947. The first-order chi connectivity index (χ1) is 9.22. The normalized spacial score (nSPS) is 14.8. The number of H-pyrrole nitrogens is 1. The summed E-state index contributed by atoms with van der Waals surface area (Å²) in [4.78, 5) is 7.64. The van der Waals surface area contributed by atoms with E-state index in [4.69, 9.17) is 0 Å². The van der Waals surface area contributed by atoms with Crippen molar-refractivity contribution in [2.24, 2.45) is 0 Å². The highest BCUT2D eigenvalue weighted by atomic mass is 79.9. The Morgan fingerprint density at radius 3 is 3.00 bits per heavy atom. The Kier molecular flexibility index (Phi) is 3.66. The van der Waals surface area contributed by atoms with Gasteiger partial charge in [0.15, 0.2) is 0 Å². The van der Waals surface area contributed by atoms with E-state index >= 15 is 0 Å². The van der Waals surface area contributed by atoms with Gasteiger partial charge in [0.25, 0.3) is 0 Å². The quantitative estimate of drug-likeness (QED) is 0.886. The van der Waals surface area contributed by atoms with Crippen molar-refractivity contribution in [1.82, 2.24) is 15.3 Å². The third kappa shape index (κ3) is 3.22. The van der Waals surface area contributed by atoms with Crippen LogP contribution in [0, 0.1) is 5.82 Å². The van der Waals surface area contributed by atoms with E-state index < -0.39 is 0 Å². The topological polar surface area (TPSA) is 40.7 Å². The Morgan fingerprint density at radius 1 is 1.42 bits per heavy atom. The molecule has 1 aromatic carbocycles. The van der Waals surface area contributed by atoms with E-state index in [0.29, 0.717) is 0 Å². The summed E-state index contributed by atoms with van der Waals surface area (Å²) in [5.74, 6) is 0.711. The lowest BCUT2D eigenvalue weighted by Gasteiger charge is -2.02. The standard InChI is InChI=1S/C14H15BrFN3/c15-12-7-9(16)1-4-11(12)13-8-18-14(19-13)5-6-17-10-2-3-10/h1,4,7-8,10,17H,2-3,5-6H2,(H,18,19). The van der Waals surface area contributed by atoms with Crippen LogP contribution in [-0.2, 0) is 6.42 Å². The van der Waals surface area contributed by atoms with Crippen LogP contribution in [0.15, 0.2) is 28.9 Å². The fourth-order valence-corrected chi connectivity index (χ4v) is 2.58. The van der Waals surface area contributed by atoms with Crippen LogP contribution in [0.3, 0.4) is 0 Å². The molecule has 0 aliphatic heterocycles. The highest BCUT2D eigenvalue weighted by Gasteiger charge is 2.19. The Bertz CT molecular complexity index is 578. The molecule has 1 aliphatic rings. The van der Waals surface area contributed by atoms with Crippen LogP contribution in [0.25, 0.3) is 11.3 Å². The van der Waals surface area contributed by atoms with E-state index in [9.17, 15) is 4.39 Å². The van der Waals surface area contributed by atoms with Crippen LogP contribution in [0.4, 0.5) is 4.39 Å². The molecular weight excluding hydrogens is 309 g/mol. The van der Waals surface area contributed by atoms with Crippen molar-refractivity contribution in [3.63, 3.8) is 0 Å². The first-order valence-electron chi connectivity index (χ1n) is 6.45. The summed E-state index contributed by atoms with van der Waals surface area (Å²) in [6, 6.07) is 5.39. The third-order valence-electron chi connectivity index (χ3n) is 3.22. The van der Waals surface area contributed by atoms with Crippen LogP contribution in [0.1, 0.15) is 18.7 Å². The molecule has 0 atom stereocenters. The van der Waals surface area contributed by atoms with E-state index in [1.165, 1.54) is 25.0 Å². The minimum absolute atomic E-state index is 0.246. The molecule has 1 heterocycles. The number of halogens is 2. The lowest BCUT2D eigenvalue weighted by atomic mass is 10.2. The van der Waals surface area contributed by atoms with Gasteiger partial charge in [0, 0.05) is 29.0 Å².